The van der Waals surface area contributed by atoms with E-state index in [-0.39, 0.29) is 17.8 Å². The molecule has 0 aliphatic carbocycles. The highest BCUT2D eigenvalue weighted by Crippen LogP contribution is 2.30. The van der Waals surface area contributed by atoms with Crippen LogP contribution in [0.25, 0.3) is 16.6 Å². The summed E-state index contributed by atoms with van der Waals surface area (Å²) in [4.78, 5) is 12.2. The number of benzene rings is 3. The van der Waals surface area contributed by atoms with Gasteiger partial charge in [-0.05, 0) is 74.0 Å². The Bertz CT molecular complexity index is 1320. The number of carbonyl (C=O) groups excluding carboxylic acids is 1. The first-order valence-electron chi connectivity index (χ1n) is 10.4. The van der Waals surface area contributed by atoms with Gasteiger partial charge in [-0.25, -0.2) is 9.07 Å². The van der Waals surface area contributed by atoms with Gasteiger partial charge in [0.1, 0.15) is 17.7 Å². The van der Waals surface area contributed by atoms with Crippen molar-refractivity contribution in [2.45, 2.75) is 26.0 Å². The second-order valence-corrected chi connectivity index (χ2v) is 8.33. The van der Waals surface area contributed by atoms with Crippen LogP contribution < -0.4 is 10.1 Å². The third-order valence-corrected chi connectivity index (χ3v) is 5.49. The number of carbonyl (C=O) groups is 1. The van der Waals surface area contributed by atoms with E-state index in [9.17, 15) is 9.18 Å². The van der Waals surface area contributed by atoms with Crippen molar-refractivity contribution in [3.05, 3.63) is 101 Å². The van der Waals surface area contributed by atoms with Crippen LogP contribution in [-0.4, -0.2) is 21.7 Å². The number of halogens is 2. The van der Waals surface area contributed by atoms with E-state index in [4.69, 9.17) is 16.3 Å². The Balaban J connectivity index is 1.65. The summed E-state index contributed by atoms with van der Waals surface area (Å²) in [6, 6.07) is 18.8. The number of nitrogens with one attached hydrogen (secondary N) is 1. The van der Waals surface area contributed by atoms with Crippen molar-refractivity contribution in [2.24, 2.45) is 0 Å². The topological polar surface area (TPSA) is 56.1 Å². The molecule has 1 amide bonds. The summed E-state index contributed by atoms with van der Waals surface area (Å²) in [5.74, 6) is 0.0718. The Morgan fingerprint density at radius 3 is 2.61 bits per heavy atom. The molecule has 0 aliphatic heterocycles. The van der Waals surface area contributed by atoms with Gasteiger partial charge < -0.3 is 10.1 Å². The van der Waals surface area contributed by atoms with Gasteiger partial charge in [0.15, 0.2) is 0 Å². The van der Waals surface area contributed by atoms with Crippen LogP contribution in [-0.2, 0) is 4.79 Å². The number of hydrogen-bond acceptors (Lipinski definition) is 3. The van der Waals surface area contributed by atoms with Crippen LogP contribution in [0.15, 0.2) is 85.1 Å². The second-order valence-electron chi connectivity index (χ2n) is 7.89. The molecular weight excluding hydrogens is 441 g/mol. The maximum absolute atomic E-state index is 13.3. The summed E-state index contributed by atoms with van der Waals surface area (Å²) in [5, 5.41) is 8.81. The van der Waals surface area contributed by atoms with E-state index in [1.165, 1.54) is 12.1 Å². The van der Waals surface area contributed by atoms with Crippen LogP contribution in [0.3, 0.4) is 0 Å². The Labute approximate surface area is 196 Å². The van der Waals surface area contributed by atoms with Gasteiger partial charge in [-0.3, -0.25) is 4.79 Å². The quantitative estimate of drug-likeness (QED) is 0.341. The summed E-state index contributed by atoms with van der Waals surface area (Å²) >= 11 is 6.21. The third kappa shape index (κ3) is 5.07. The van der Waals surface area contributed by atoms with Crippen molar-refractivity contribution in [1.29, 1.82) is 0 Å². The molecule has 0 unspecified atom stereocenters. The first-order chi connectivity index (χ1) is 15.8. The molecule has 0 fully saturated rings. The fourth-order valence-corrected chi connectivity index (χ4v) is 3.77. The van der Waals surface area contributed by atoms with E-state index in [1.807, 2.05) is 43.3 Å². The Morgan fingerprint density at radius 1 is 1.15 bits per heavy atom. The highest BCUT2D eigenvalue weighted by Gasteiger charge is 2.24. The summed E-state index contributed by atoms with van der Waals surface area (Å²) in [6.45, 7) is 7.23. The van der Waals surface area contributed by atoms with Gasteiger partial charge in [0.2, 0.25) is 5.91 Å². The number of ether oxygens (including phenoxy) is 1. The number of nitrogens with zero attached hydrogens (tertiary/aromatic N) is 2. The summed E-state index contributed by atoms with van der Waals surface area (Å²) in [7, 11) is 0. The monoisotopic (exact) mass is 463 g/mol. The van der Waals surface area contributed by atoms with Gasteiger partial charge in [0.25, 0.3) is 0 Å². The minimum Gasteiger partial charge on any atom is -0.484 e. The predicted molar refractivity (Wildman–Crippen MR) is 128 cm³/mol. The third-order valence-electron chi connectivity index (χ3n) is 5.25. The molecule has 168 valence electrons. The van der Waals surface area contributed by atoms with Gasteiger partial charge in [-0.15, -0.1) is 0 Å². The average Bonchev–Trinajstić information content (AvgIpc) is 3.21. The molecule has 7 heteroatoms. The molecule has 0 spiro atoms. The van der Waals surface area contributed by atoms with Crippen molar-refractivity contribution < 1.29 is 13.9 Å². The minimum atomic E-state index is -0.489. The average molecular weight is 464 g/mol. The van der Waals surface area contributed by atoms with Gasteiger partial charge in [0.05, 0.1) is 23.4 Å². The Kier molecular flexibility index (Phi) is 6.47. The zero-order chi connectivity index (χ0) is 23.5. The maximum Gasteiger partial charge on any atom is 0.246 e. The second kappa shape index (κ2) is 9.46. The van der Waals surface area contributed by atoms with E-state index >= 15 is 0 Å². The molecule has 0 saturated heterocycles. The zero-order valence-electron chi connectivity index (χ0n) is 18.3. The highest BCUT2D eigenvalue weighted by atomic mass is 35.5. The van der Waals surface area contributed by atoms with Crippen molar-refractivity contribution >= 4 is 28.4 Å². The molecule has 1 heterocycles. The van der Waals surface area contributed by atoms with Crippen molar-refractivity contribution in [1.82, 2.24) is 15.1 Å². The van der Waals surface area contributed by atoms with E-state index in [2.05, 4.69) is 17.0 Å². The molecule has 5 nitrogen and oxygen atoms in total. The summed E-state index contributed by atoms with van der Waals surface area (Å²) < 4.78 is 21.4. The maximum atomic E-state index is 13.3. The number of rotatable bonds is 7. The molecule has 3 aromatic carbocycles. The van der Waals surface area contributed by atoms with Crippen LogP contribution in [0, 0.1) is 5.82 Å². The summed E-state index contributed by atoms with van der Waals surface area (Å²) in [6.07, 6.45) is 1.24. The molecular formula is C26H23ClFN3O2. The van der Waals surface area contributed by atoms with Crippen molar-refractivity contribution in [2.75, 3.05) is 0 Å². The van der Waals surface area contributed by atoms with E-state index in [1.54, 1.807) is 36.0 Å². The van der Waals surface area contributed by atoms with Gasteiger partial charge in [0, 0.05) is 16.0 Å². The molecule has 0 aliphatic rings. The number of hydrogen-bond donors (Lipinski definition) is 1. The minimum absolute atomic E-state index is 0.242. The normalized spacial score (nSPS) is 12.8. The molecule has 1 aromatic heterocycles. The lowest BCUT2D eigenvalue weighted by Crippen LogP contribution is -2.39. The largest absolute Gasteiger partial charge is 0.484 e. The summed E-state index contributed by atoms with van der Waals surface area (Å²) in [5.41, 5.74) is 2.87. The molecule has 4 rings (SSSR count). The van der Waals surface area contributed by atoms with Crippen LogP contribution in [0.5, 0.6) is 5.75 Å². The Morgan fingerprint density at radius 2 is 1.91 bits per heavy atom. The number of fused-ring (bicyclic) bond motifs is 1. The van der Waals surface area contributed by atoms with Crippen molar-refractivity contribution in [3.8, 4) is 11.4 Å². The number of amides is 1. The fourth-order valence-electron chi connectivity index (χ4n) is 3.57. The molecule has 0 bridgehead atoms. The zero-order valence-corrected chi connectivity index (χ0v) is 19.0. The van der Waals surface area contributed by atoms with E-state index in [0.717, 1.165) is 22.2 Å². The first kappa shape index (κ1) is 22.6. The van der Waals surface area contributed by atoms with Gasteiger partial charge in [-0.2, -0.15) is 5.10 Å². The highest BCUT2D eigenvalue weighted by molar-refractivity contribution is 6.30. The standard InChI is InChI=1S/C26H23ClFN3O2/c1-16(2)26(32)30-17(3)25(18-5-4-6-20(27)13-18)33-23-11-12-24-19(14-23)15-29-31(24)22-9-7-21(28)8-10-22/h4-15,17,25H,1H2,2-3H3,(H,30,32)/t17-,25-/m0/s1. The molecule has 2 atom stereocenters. The van der Waals surface area contributed by atoms with Crippen LogP contribution >= 0.6 is 11.6 Å². The van der Waals surface area contributed by atoms with E-state index in [0.29, 0.717) is 16.3 Å². The SMILES string of the molecule is C=C(C)C(=O)N[C@@H](C)[C@H](Oc1ccc2c(cnn2-c2ccc(F)cc2)c1)c1cccc(Cl)c1. The van der Waals surface area contributed by atoms with Gasteiger partial charge >= 0.3 is 0 Å². The molecule has 1 N–H and O–H groups in total. The first-order valence-corrected chi connectivity index (χ1v) is 10.8. The predicted octanol–water partition coefficient (Wildman–Crippen LogP) is 6.02. The molecule has 0 saturated carbocycles. The van der Waals surface area contributed by atoms with Gasteiger partial charge in [-0.1, -0.05) is 30.3 Å². The lowest BCUT2D eigenvalue weighted by molar-refractivity contribution is -0.118. The van der Waals surface area contributed by atoms with Crippen LogP contribution in [0.2, 0.25) is 5.02 Å². The van der Waals surface area contributed by atoms with Crippen molar-refractivity contribution in [3.63, 3.8) is 0 Å². The molecule has 4 aromatic rings. The lowest BCUT2D eigenvalue weighted by atomic mass is 10.0. The molecule has 0 radical (unpaired) electrons. The smallest absolute Gasteiger partial charge is 0.246 e. The lowest BCUT2D eigenvalue weighted by Gasteiger charge is -2.27. The van der Waals surface area contributed by atoms with Crippen LogP contribution in [0.1, 0.15) is 25.5 Å². The van der Waals surface area contributed by atoms with Crippen LogP contribution in [0.4, 0.5) is 4.39 Å². The van der Waals surface area contributed by atoms with E-state index < -0.39 is 6.10 Å². The Hall–Kier alpha value is -3.64. The number of aromatic nitrogens is 2. The molecule has 33 heavy (non-hydrogen) atoms. The fraction of sp³-hybridized carbons (Fsp3) is 0.154.